The summed E-state index contributed by atoms with van der Waals surface area (Å²) in [5.41, 5.74) is 6.96. The highest BCUT2D eigenvalue weighted by Gasteiger charge is 2.32. The Balaban J connectivity index is 1.48. The maximum absolute atomic E-state index is 14.7. The normalized spacial score (nSPS) is 19.5. The van der Waals surface area contributed by atoms with Crippen molar-refractivity contribution in [3.63, 3.8) is 0 Å². The van der Waals surface area contributed by atoms with E-state index in [0.29, 0.717) is 63.6 Å². The SMILES string of the molecule is CCCCOC(=O)N1CC(OCCCN2CC[C@H](N)C(=O)N(C)c3cccc(F)c32)C1. The Labute approximate surface area is 183 Å². The number of nitrogens with zero attached hydrogens (tertiary/aromatic N) is 3. The van der Waals surface area contributed by atoms with Crippen LogP contribution in [0.1, 0.15) is 32.6 Å². The molecular weight excluding hydrogens is 403 g/mol. The molecule has 0 spiro atoms. The number of rotatable bonds is 8. The first-order valence-corrected chi connectivity index (χ1v) is 11.0. The number of unbranched alkanes of at least 4 members (excludes halogenated alkanes) is 1. The summed E-state index contributed by atoms with van der Waals surface area (Å²) in [4.78, 5) is 29.3. The van der Waals surface area contributed by atoms with Crippen molar-refractivity contribution < 1.29 is 23.5 Å². The molecule has 0 unspecified atom stereocenters. The molecule has 2 aliphatic rings. The van der Waals surface area contributed by atoms with Crippen molar-refractivity contribution in [1.29, 1.82) is 0 Å². The highest BCUT2D eigenvalue weighted by molar-refractivity contribution is 6.00. The molecule has 172 valence electrons. The molecule has 2 N–H and O–H groups in total. The lowest BCUT2D eigenvalue weighted by Gasteiger charge is -2.38. The lowest BCUT2D eigenvalue weighted by molar-refractivity contribution is -0.119. The third-order valence-corrected chi connectivity index (χ3v) is 5.76. The summed E-state index contributed by atoms with van der Waals surface area (Å²) in [6, 6.07) is 4.13. The van der Waals surface area contributed by atoms with Crippen LogP contribution in [0.5, 0.6) is 0 Å². The van der Waals surface area contributed by atoms with E-state index in [4.69, 9.17) is 15.2 Å². The van der Waals surface area contributed by atoms with Crippen LogP contribution in [0.3, 0.4) is 0 Å². The number of likely N-dealkylation sites (tertiary alicyclic amines) is 1. The number of para-hydroxylation sites is 1. The zero-order valence-electron chi connectivity index (χ0n) is 18.4. The van der Waals surface area contributed by atoms with Gasteiger partial charge < -0.3 is 29.9 Å². The molecule has 0 saturated carbocycles. The Hall–Kier alpha value is -2.39. The van der Waals surface area contributed by atoms with Crippen LogP contribution in [0.4, 0.5) is 20.6 Å². The maximum atomic E-state index is 14.7. The van der Waals surface area contributed by atoms with E-state index in [1.54, 1.807) is 24.1 Å². The van der Waals surface area contributed by atoms with Crippen molar-refractivity contribution >= 4 is 23.4 Å². The Morgan fingerprint density at radius 2 is 2.03 bits per heavy atom. The van der Waals surface area contributed by atoms with E-state index in [0.717, 1.165) is 12.8 Å². The maximum Gasteiger partial charge on any atom is 0.409 e. The number of carbonyl (C=O) groups is 2. The quantitative estimate of drug-likeness (QED) is 0.630. The van der Waals surface area contributed by atoms with Gasteiger partial charge in [-0.3, -0.25) is 4.79 Å². The van der Waals surface area contributed by atoms with Crippen LogP contribution in [0.25, 0.3) is 0 Å². The first kappa shape index (κ1) is 23.3. The number of hydrogen-bond acceptors (Lipinski definition) is 6. The molecule has 1 fully saturated rings. The fourth-order valence-electron chi connectivity index (χ4n) is 3.80. The Morgan fingerprint density at radius 3 is 2.77 bits per heavy atom. The van der Waals surface area contributed by atoms with Gasteiger partial charge in [0.25, 0.3) is 0 Å². The lowest BCUT2D eigenvalue weighted by Crippen LogP contribution is -2.55. The van der Waals surface area contributed by atoms with E-state index in [1.165, 1.54) is 11.0 Å². The summed E-state index contributed by atoms with van der Waals surface area (Å²) in [6.45, 7) is 5.16. The summed E-state index contributed by atoms with van der Waals surface area (Å²) < 4.78 is 25.7. The molecule has 1 saturated heterocycles. The smallest absolute Gasteiger partial charge is 0.409 e. The van der Waals surface area contributed by atoms with Crippen LogP contribution < -0.4 is 15.5 Å². The van der Waals surface area contributed by atoms with Crippen molar-refractivity contribution in [2.45, 2.75) is 44.8 Å². The summed E-state index contributed by atoms with van der Waals surface area (Å²) in [5.74, 6) is -0.567. The van der Waals surface area contributed by atoms with E-state index in [2.05, 4.69) is 0 Å². The van der Waals surface area contributed by atoms with E-state index in [1.807, 2.05) is 11.8 Å². The molecule has 2 heterocycles. The van der Waals surface area contributed by atoms with Crippen molar-refractivity contribution in [2.75, 3.05) is 56.2 Å². The number of nitrogens with two attached hydrogens (primary N) is 1. The largest absolute Gasteiger partial charge is 0.449 e. The van der Waals surface area contributed by atoms with Gasteiger partial charge in [-0.1, -0.05) is 19.4 Å². The molecule has 2 amide bonds. The molecule has 1 aromatic rings. The van der Waals surface area contributed by atoms with Crippen LogP contribution in [0.15, 0.2) is 18.2 Å². The van der Waals surface area contributed by atoms with Crippen molar-refractivity contribution in [1.82, 2.24) is 4.90 Å². The van der Waals surface area contributed by atoms with Gasteiger partial charge in [-0.2, -0.15) is 0 Å². The zero-order chi connectivity index (χ0) is 22.4. The topological polar surface area (TPSA) is 88.3 Å². The number of likely N-dealkylation sites (N-methyl/N-ethyl adjacent to an activating group) is 1. The molecule has 9 heteroatoms. The second kappa shape index (κ2) is 10.8. The molecule has 0 bridgehead atoms. The van der Waals surface area contributed by atoms with Gasteiger partial charge in [-0.05, 0) is 31.4 Å². The van der Waals surface area contributed by atoms with E-state index in [9.17, 15) is 14.0 Å². The Kier molecular flexibility index (Phi) is 8.09. The van der Waals surface area contributed by atoms with Gasteiger partial charge in [0, 0.05) is 26.7 Å². The van der Waals surface area contributed by atoms with Crippen molar-refractivity contribution in [3.05, 3.63) is 24.0 Å². The zero-order valence-corrected chi connectivity index (χ0v) is 18.4. The molecule has 8 nitrogen and oxygen atoms in total. The fraction of sp³-hybridized carbons (Fsp3) is 0.636. The minimum absolute atomic E-state index is 0.00672. The number of benzene rings is 1. The molecule has 31 heavy (non-hydrogen) atoms. The van der Waals surface area contributed by atoms with Gasteiger partial charge in [-0.15, -0.1) is 0 Å². The molecule has 1 atom stereocenters. The van der Waals surface area contributed by atoms with E-state index >= 15 is 0 Å². The predicted octanol–water partition coefficient (Wildman–Crippen LogP) is 2.35. The van der Waals surface area contributed by atoms with Crippen molar-refractivity contribution in [3.8, 4) is 0 Å². The second-order valence-corrected chi connectivity index (χ2v) is 8.11. The minimum atomic E-state index is -0.613. The summed E-state index contributed by atoms with van der Waals surface area (Å²) in [5, 5.41) is 0. The molecular formula is C22H33FN4O4. The monoisotopic (exact) mass is 436 g/mol. The molecule has 0 aromatic heterocycles. The Morgan fingerprint density at radius 1 is 1.26 bits per heavy atom. The molecule has 3 rings (SSSR count). The Bertz CT molecular complexity index is 772. The number of anilines is 2. The second-order valence-electron chi connectivity index (χ2n) is 8.11. The number of carbonyl (C=O) groups excluding carboxylic acids is 2. The number of halogens is 1. The average Bonchev–Trinajstić information content (AvgIpc) is 2.72. The van der Waals surface area contributed by atoms with E-state index < -0.39 is 6.04 Å². The van der Waals surface area contributed by atoms with Gasteiger partial charge in [0.1, 0.15) is 5.82 Å². The van der Waals surface area contributed by atoms with Crippen LogP contribution >= 0.6 is 0 Å². The number of ether oxygens (including phenoxy) is 2. The number of fused-ring (bicyclic) bond motifs is 1. The molecule has 0 aliphatic carbocycles. The molecule has 0 radical (unpaired) electrons. The predicted molar refractivity (Wildman–Crippen MR) is 117 cm³/mol. The van der Waals surface area contributed by atoms with Crippen LogP contribution in [-0.4, -0.2) is 75.5 Å². The highest BCUT2D eigenvalue weighted by Crippen LogP contribution is 2.34. The first-order chi connectivity index (χ1) is 14.9. The molecule has 1 aromatic carbocycles. The van der Waals surface area contributed by atoms with Gasteiger partial charge >= 0.3 is 6.09 Å². The third kappa shape index (κ3) is 5.65. The summed E-state index contributed by atoms with van der Waals surface area (Å²) >= 11 is 0. The standard InChI is InChI=1S/C22H33FN4O4/c1-3-4-12-31-22(29)27-14-16(15-27)30-13-6-10-26-11-9-18(24)21(28)25(2)19-8-5-7-17(23)20(19)26/h5,7-8,16,18H,3-4,6,9-15,24H2,1-2H3/t18-/m0/s1. The van der Waals surface area contributed by atoms with Gasteiger partial charge in [0.15, 0.2) is 0 Å². The lowest BCUT2D eigenvalue weighted by atomic mass is 10.1. The highest BCUT2D eigenvalue weighted by atomic mass is 19.1. The third-order valence-electron chi connectivity index (χ3n) is 5.76. The van der Waals surface area contributed by atoms with Crippen LogP contribution in [-0.2, 0) is 14.3 Å². The number of amides is 2. The van der Waals surface area contributed by atoms with Crippen LogP contribution in [0.2, 0.25) is 0 Å². The van der Waals surface area contributed by atoms with Gasteiger partial charge in [-0.25, -0.2) is 9.18 Å². The average molecular weight is 437 g/mol. The van der Waals surface area contributed by atoms with Crippen molar-refractivity contribution in [2.24, 2.45) is 5.73 Å². The minimum Gasteiger partial charge on any atom is -0.449 e. The van der Waals surface area contributed by atoms with Gasteiger partial charge in [0.05, 0.1) is 43.2 Å². The molecule has 2 aliphatic heterocycles. The summed E-state index contributed by atoms with van der Waals surface area (Å²) in [6.07, 6.45) is 2.73. The summed E-state index contributed by atoms with van der Waals surface area (Å²) in [7, 11) is 1.63. The fourth-order valence-corrected chi connectivity index (χ4v) is 3.80. The number of hydrogen-bond donors (Lipinski definition) is 1. The van der Waals surface area contributed by atoms with Gasteiger partial charge in [0.2, 0.25) is 5.91 Å². The first-order valence-electron chi connectivity index (χ1n) is 11.0. The van der Waals surface area contributed by atoms with E-state index in [-0.39, 0.29) is 23.9 Å². The van der Waals surface area contributed by atoms with Crippen LogP contribution in [0, 0.1) is 5.82 Å².